The summed E-state index contributed by atoms with van der Waals surface area (Å²) >= 11 is 0. The minimum Gasteiger partial charge on any atom is -0.348 e. The normalized spacial score (nSPS) is 11.1. The minimum atomic E-state index is -0.343. The molecule has 0 spiro atoms. The summed E-state index contributed by atoms with van der Waals surface area (Å²) in [5, 5.41) is 6.48. The van der Waals surface area contributed by atoms with Crippen molar-refractivity contribution in [3.8, 4) is 0 Å². The van der Waals surface area contributed by atoms with Crippen LogP contribution in [0.3, 0.4) is 0 Å². The molecule has 34 heavy (non-hydrogen) atoms. The van der Waals surface area contributed by atoms with Crippen LogP contribution in [0.2, 0.25) is 0 Å². The third kappa shape index (κ3) is 7.11. The van der Waals surface area contributed by atoms with Gasteiger partial charge in [0, 0.05) is 31.0 Å². The summed E-state index contributed by atoms with van der Waals surface area (Å²) in [5.74, 6) is 0.970. The lowest BCUT2D eigenvalue weighted by atomic mass is 9.96. The molecule has 0 aliphatic carbocycles. The average molecular weight is 465 g/mol. The Morgan fingerprint density at radius 2 is 1.85 bits per heavy atom. The van der Waals surface area contributed by atoms with Crippen molar-refractivity contribution in [3.63, 3.8) is 0 Å². The van der Waals surface area contributed by atoms with Crippen molar-refractivity contribution >= 4 is 29.4 Å². The van der Waals surface area contributed by atoms with Gasteiger partial charge in [-0.25, -0.2) is 5.48 Å². The molecule has 2 aromatic heterocycles. The zero-order valence-corrected chi connectivity index (χ0v) is 20.5. The van der Waals surface area contributed by atoms with E-state index in [2.05, 4.69) is 56.8 Å². The third-order valence-corrected chi connectivity index (χ3v) is 4.77. The number of carbonyl (C=O) groups is 1. The first-order chi connectivity index (χ1) is 16.1. The molecular formula is C24H32N8O2. The van der Waals surface area contributed by atoms with E-state index in [4.69, 9.17) is 4.84 Å². The quantitative estimate of drug-likeness (QED) is 0.407. The largest absolute Gasteiger partial charge is 0.348 e. The zero-order chi connectivity index (χ0) is 24.7. The second-order valence-electron chi connectivity index (χ2n) is 9.16. The molecule has 0 aliphatic rings. The lowest BCUT2D eigenvalue weighted by Crippen LogP contribution is -2.31. The monoisotopic (exact) mass is 464 g/mol. The summed E-state index contributed by atoms with van der Waals surface area (Å²) in [4.78, 5) is 37.0. The standard InChI is InChI=1S/C24H32N8O2/c1-16-10-11-17(20(33)31-34-6)13-19(16)27-22-28-21(26-14-18-9-7-8-12-25-18)29-23(30-22)32(5)15-24(2,3)4/h7-13H,14-15H2,1-6H3,(H,31,33)(H2,26,27,28,29,30). The van der Waals surface area contributed by atoms with Gasteiger partial charge in [-0.2, -0.15) is 15.0 Å². The smallest absolute Gasteiger partial charge is 0.274 e. The molecule has 10 heteroatoms. The van der Waals surface area contributed by atoms with Gasteiger partial charge in [0.15, 0.2) is 0 Å². The number of nitrogens with zero attached hydrogens (tertiary/aromatic N) is 5. The Bertz CT molecular complexity index is 1120. The number of aromatic nitrogens is 4. The van der Waals surface area contributed by atoms with Crippen molar-refractivity contribution in [3.05, 3.63) is 59.4 Å². The minimum absolute atomic E-state index is 0.0517. The number of anilines is 4. The molecule has 3 N–H and O–H groups in total. The molecule has 0 atom stereocenters. The van der Waals surface area contributed by atoms with Crippen molar-refractivity contribution in [1.82, 2.24) is 25.4 Å². The van der Waals surface area contributed by atoms with Gasteiger partial charge in [-0.05, 0) is 42.2 Å². The van der Waals surface area contributed by atoms with Crippen molar-refractivity contribution < 1.29 is 9.63 Å². The number of carbonyl (C=O) groups excluding carboxylic acids is 1. The summed E-state index contributed by atoms with van der Waals surface area (Å²) in [7, 11) is 3.35. The molecule has 1 aromatic carbocycles. The van der Waals surface area contributed by atoms with E-state index in [0.717, 1.165) is 17.8 Å². The molecule has 0 saturated carbocycles. The molecule has 3 aromatic rings. The highest BCUT2D eigenvalue weighted by Crippen LogP contribution is 2.24. The van der Waals surface area contributed by atoms with Gasteiger partial charge in [0.2, 0.25) is 17.8 Å². The van der Waals surface area contributed by atoms with E-state index in [9.17, 15) is 4.79 Å². The van der Waals surface area contributed by atoms with E-state index >= 15 is 0 Å². The number of pyridine rings is 1. The maximum atomic E-state index is 12.2. The maximum absolute atomic E-state index is 12.2. The number of hydrogen-bond acceptors (Lipinski definition) is 9. The molecule has 0 saturated heterocycles. The SMILES string of the molecule is CONC(=O)c1ccc(C)c(Nc2nc(NCc3ccccn3)nc(N(C)CC(C)(C)C)n2)c1. The van der Waals surface area contributed by atoms with Crippen LogP contribution in [-0.2, 0) is 11.4 Å². The van der Waals surface area contributed by atoms with Gasteiger partial charge in [0.25, 0.3) is 5.91 Å². The maximum Gasteiger partial charge on any atom is 0.274 e. The number of benzene rings is 1. The fraction of sp³-hybridized carbons (Fsp3) is 0.375. The molecule has 2 heterocycles. The van der Waals surface area contributed by atoms with Crippen LogP contribution in [0.5, 0.6) is 0 Å². The molecule has 0 aliphatic heterocycles. The van der Waals surface area contributed by atoms with E-state index in [1.165, 1.54) is 7.11 Å². The Labute approximate surface area is 200 Å². The fourth-order valence-corrected chi connectivity index (χ4v) is 3.29. The van der Waals surface area contributed by atoms with Crippen molar-refractivity contribution in [2.45, 2.75) is 34.2 Å². The van der Waals surface area contributed by atoms with E-state index in [1.807, 2.05) is 43.1 Å². The first-order valence-corrected chi connectivity index (χ1v) is 11.0. The number of hydroxylamine groups is 1. The van der Waals surface area contributed by atoms with Gasteiger partial charge in [0.1, 0.15) is 0 Å². The fourth-order valence-electron chi connectivity index (χ4n) is 3.29. The van der Waals surface area contributed by atoms with Crippen LogP contribution >= 0.6 is 0 Å². The molecule has 0 unspecified atom stereocenters. The van der Waals surface area contributed by atoms with Gasteiger partial charge in [0.05, 0.1) is 19.3 Å². The van der Waals surface area contributed by atoms with Gasteiger partial charge >= 0.3 is 0 Å². The zero-order valence-electron chi connectivity index (χ0n) is 20.5. The van der Waals surface area contributed by atoms with Gasteiger partial charge in [-0.1, -0.05) is 32.9 Å². The molecule has 10 nitrogen and oxygen atoms in total. The van der Waals surface area contributed by atoms with Crippen LogP contribution in [0.15, 0.2) is 42.6 Å². The van der Waals surface area contributed by atoms with Crippen LogP contribution < -0.4 is 21.0 Å². The van der Waals surface area contributed by atoms with Gasteiger partial charge in [-0.15, -0.1) is 0 Å². The first-order valence-electron chi connectivity index (χ1n) is 11.0. The van der Waals surface area contributed by atoms with E-state index in [-0.39, 0.29) is 11.3 Å². The lowest BCUT2D eigenvalue weighted by Gasteiger charge is -2.27. The van der Waals surface area contributed by atoms with Crippen molar-refractivity contribution in [1.29, 1.82) is 0 Å². The van der Waals surface area contributed by atoms with Gasteiger partial charge < -0.3 is 15.5 Å². The number of nitrogens with one attached hydrogen (secondary N) is 3. The topological polar surface area (TPSA) is 117 Å². The van der Waals surface area contributed by atoms with E-state index in [0.29, 0.717) is 35.6 Å². The Hall–Kier alpha value is -3.79. The molecular weight excluding hydrogens is 432 g/mol. The predicted molar refractivity (Wildman–Crippen MR) is 133 cm³/mol. The second-order valence-corrected chi connectivity index (χ2v) is 9.16. The highest BCUT2D eigenvalue weighted by molar-refractivity contribution is 5.94. The molecule has 0 radical (unpaired) electrons. The molecule has 180 valence electrons. The molecule has 1 amide bonds. The van der Waals surface area contributed by atoms with Crippen molar-refractivity contribution in [2.24, 2.45) is 5.41 Å². The Morgan fingerprint density at radius 1 is 1.09 bits per heavy atom. The number of aryl methyl sites for hydroxylation is 1. The van der Waals surface area contributed by atoms with Crippen LogP contribution in [0.25, 0.3) is 0 Å². The Kier molecular flexibility index (Phi) is 7.95. The highest BCUT2D eigenvalue weighted by atomic mass is 16.6. The van der Waals surface area contributed by atoms with Gasteiger partial charge in [-0.3, -0.25) is 14.6 Å². The van der Waals surface area contributed by atoms with Crippen LogP contribution in [0, 0.1) is 12.3 Å². The summed E-state index contributed by atoms with van der Waals surface area (Å²) in [5.41, 5.74) is 5.33. The highest BCUT2D eigenvalue weighted by Gasteiger charge is 2.18. The number of hydrogen-bond donors (Lipinski definition) is 3. The Morgan fingerprint density at radius 3 is 2.53 bits per heavy atom. The first kappa shape index (κ1) is 24.8. The predicted octanol–water partition coefficient (Wildman–Crippen LogP) is 3.70. The van der Waals surface area contributed by atoms with E-state index < -0.39 is 0 Å². The summed E-state index contributed by atoms with van der Waals surface area (Å²) in [6.45, 7) is 9.63. The van der Waals surface area contributed by atoms with Crippen LogP contribution in [-0.4, -0.2) is 46.5 Å². The van der Waals surface area contributed by atoms with E-state index in [1.54, 1.807) is 18.3 Å². The molecule has 0 fully saturated rings. The summed E-state index contributed by atoms with van der Waals surface area (Å²) in [6, 6.07) is 11.0. The number of rotatable bonds is 9. The third-order valence-electron chi connectivity index (χ3n) is 4.77. The average Bonchev–Trinajstić information content (AvgIpc) is 2.79. The lowest BCUT2D eigenvalue weighted by molar-refractivity contribution is 0.0537. The van der Waals surface area contributed by atoms with Crippen LogP contribution in [0.4, 0.5) is 23.5 Å². The molecule has 0 bridgehead atoms. The summed E-state index contributed by atoms with van der Waals surface area (Å²) < 4.78 is 0. The van der Waals surface area contributed by atoms with Crippen molar-refractivity contribution in [2.75, 3.05) is 36.2 Å². The Balaban J connectivity index is 1.91. The van der Waals surface area contributed by atoms with Crippen LogP contribution in [0.1, 0.15) is 42.4 Å². The second kappa shape index (κ2) is 10.9. The number of amides is 1. The molecule has 3 rings (SSSR count). The summed E-state index contributed by atoms with van der Waals surface area (Å²) in [6.07, 6.45) is 1.75.